The Morgan fingerprint density at radius 2 is 1.69 bits per heavy atom. The van der Waals surface area contributed by atoms with Gasteiger partial charge in [0.05, 0.1) is 39.0 Å². The Kier molecular flexibility index (Phi) is 12.4. The van der Waals surface area contributed by atoms with E-state index < -0.39 is 0 Å². The average Bonchev–Trinajstić information content (AvgIpc) is 3.46. The van der Waals surface area contributed by atoms with E-state index in [4.69, 9.17) is 35.5 Å². The topological polar surface area (TPSA) is 90.3 Å². The molecule has 1 aromatic heterocycles. The number of imidazole rings is 1. The number of hydrogen-bond donors (Lipinski definition) is 1. The van der Waals surface area contributed by atoms with Gasteiger partial charge in [-0.2, -0.15) is 0 Å². The van der Waals surface area contributed by atoms with Gasteiger partial charge in [0.2, 0.25) is 11.7 Å². The van der Waals surface area contributed by atoms with Crippen molar-refractivity contribution in [3.8, 4) is 17.2 Å². The zero-order valence-electron chi connectivity index (χ0n) is 28.7. The molecule has 2 heterocycles. The highest BCUT2D eigenvalue weighted by Gasteiger charge is 2.25. The van der Waals surface area contributed by atoms with Crippen molar-refractivity contribution in [3.05, 3.63) is 76.8 Å². The number of carbonyl (C=O) groups excluding carboxylic acids is 1. The van der Waals surface area contributed by atoms with E-state index >= 15 is 0 Å². The number of aromatic nitrogens is 2. The molecular weight excluding hydrogens is 630 g/mol. The number of methoxy groups -OCH3 is 3. The zero-order valence-corrected chi connectivity index (χ0v) is 29.5. The number of fused-ring (bicyclic) bond motifs is 1. The number of benzene rings is 3. The van der Waals surface area contributed by atoms with E-state index in [1.54, 1.807) is 38.4 Å². The van der Waals surface area contributed by atoms with Crippen LogP contribution >= 0.6 is 11.6 Å². The monoisotopic (exact) mass is 677 g/mol. The van der Waals surface area contributed by atoms with Gasteiger partial charge >= 0.3 is 0 Å². The van der Waals surface area contributed by atoms with Crippen molar-refractivity contribution in [3.63, 3.8) is 0 Å². The van der Waals surface area contributed by atoms with Crippen molar-refractivity contribution < 1.29 is 23.7 Å². The Labute approximate surface area is 288 Å². The van der Waals surface area contributed by atoms with Crippen LogP contribution in [-0.4, -0.2) is 99.1 Å². The van der Waals surface area contributed by atoms with Crippen molar-refractivity contribution in [1.82, 2.24) is 19.4 Å². The summed E-state index contributed by atoms with van der Waals surface area (Å²) < 4.78 is 24.3. The van der Waals surface area contributed by atoms with Crippen molar-refractivity contribution in [1.29, 1.82) is 0 Å². The summed E-state index contributed by atoms with van der Waals surface area (Å²) in [5, 5.41) is 4.44. The maximum absolute atomic E-state index is 13.7. The third-order valence-electron chi connectivity index (χ3n) is 9.13. The van der Waals surface area contributed by atoms with Gasteiger partial charge in [0, 0.05) is 62.4 Å². The minimum absolute atomic E-state index is 0.118. The first kappa shape index (κ1) is 35.3. The predicted molar refractivity (Wildman–Crippen MR) is 191 cm³/mol. The number of rotatable bonds is 16. The highest BCUT2D eigenvalue weighted by Crippen LogP contribution is 2.38. The minimum Gasteiger partial charge on any atom is -0.493 e. The molecule has 1 aliphatic rings. The van der Waals surface area contributed by atoms with Gasteiger partial charge < -0.3 is 38.6 Å². The maximum Gasteiger partial charge on any atom is 0.253 e. The molecule has 1 N–H and O–H groups in total. The number of likely N-dealkylation sites (tertiary alicyclic amines) is 1. The van der Waals surface area contributed by atoms with Gasteiger partial charge in [-0.1, -0.05) is 35.9 Å². The molecule has 1 unspecified atom stereocenters. The standard InChI is InChI=1S/C37H48ClN5O5/c1-6-48-22-21-43-32-10-8-7-9-31(32)40-37(43)39-30-16-19-42(20-17-30)18-15-27(26-11-13-29(38)14-12-26)25-41(2)36(44)28-23-33(45-3)35(47-5)34(24-28)46-4/h7-14,23-24,27,30H,6,15-22,25H2,1-5H3,(H,39,40). The molecule has 258 valence electrons. The molecular formula is C37H48ClN5O5. The van der Waals surface area contributed by atoms with Crippen LogP contribution in [0.5, 0.6) is 17.2 Å². The molecule has 1 fully saturated rings. The second kappa shape index (κ2) is 16.9. The van der Waals surface area contributed by atoms with Crippen LogP contribution in [0.2, 0.25) is 5.02 Å². The van der Waals surface area contributed by atoms with E-state index in [1.807, 2.05) is 32.2 Å². The van der Waals surface area contributed by atoms with Crippen LogP contribution < -0.4 is 19.5 Å². The molecule has 0 spiro atoms. The molecule has 48 heavy (non-hydrogen) atoms. The summed E-state index contributed by atoms with van der Waals surface area (Å²) in [5.41, 5.74) is 3.75. The van der Waals surface area contributed by atoms with Crippen LogP contribution in [0, 0.1) is 0 Å². The number of halogens is 1. The van der Waals surface area contributed by atoms with Gasteiger partial charge in [-0.25, -0.2) is 4.98 Å². The molecule has 1 saturated heterocycles. The first-order chi connectivity index (χ1) is 23.3. The lowest BCUT2D eigenvalue weighted by Crippen LogP contribution is -2.40. The van der Waals surface area contributed by atoms with Crippen molar-refractivity contribution in [2.75, 3.05) is 73.1 Å². The lowest BCUT2D eigenvalue weighted by molar-refractivity contribution is 0.0781. The van der Waals surface area contributed by atoms with Crippen LogP contribution in [0.25, 0.3) is 11.0 Å². The number of likely N-dealkylation sites (N-methyl/N-ethyl adjacent to an activating group) is 1. The Balaban J connectivity index is 1.22. The molecule has 5 rings (SSSR count). The number of para-hydroxylation sites is 2. The van der Waals surface area contributed by atoms with Crippen LogP contribution in [0.1, 0.15) is 48.0 Å². The highest BCUT2D eigenvalue weighted by molar-refractivity contribution is 6.30. The summed E-state index contributed by atoms with van der Waals surface area (Å²) in [6.07, 6.45) is 2.96. The summed E-state index contributed by atoms with van der Waals surface area (Å²) in [6.45, 7) is 7.60. The summed E-state index contributed by atoms with van der Waals surface area (Å²) in [5.74, 6) is 2.27. The fourth-order valence-electron chi connectivity index (χ4n) is 6.47. The number of carbonyl (C=O) groups is 1. The summed E-state index contributed by atoms with van der Waals surface area (Å²) >= 11 is 6.24. The minimum atomic E-state index is -0.118. The molecule has 0 radical (unpaired) electrons. The van der Waals surface area contributed by atoms with E-state index in [1.165, 1.54) is 0 Å². The Morgan fingerprint density at radius 3 is 2.33 bits per heavy atom. The smallest absolute Gasteiger partial charge is 0.253 e. The van der Waals surface area contributed by atoms with Gasteiger partial charge in [0.15, 0.2) is 11.5 Å². The number of nitrogens with one attached hydrogen (secondary N) is 1. The fraction of sp³-hybridized carbons (Fsp3) is 0.459. The number of amides is 1. The third kappa shape index (κ3) is 8.53. The van der Waals surface area contributed by atoms with Gasteiger partial charge in [0.25, 0.3) is 5.91 Å². The van der Waals surface area contributed by atoms with Crippen molar-refractivity contribution >= 4 is 34.5 Å². The second-order valence-electron chi connectivity index (χ2n) is 12.2. The Morgan fingerprint density at radius 1 is 1.00 bits per heavy atom. The Bertz CT molecular complexity index is 1610. The van der Waals surface area contributed by atoms with Crippen LogP contribution in [-0.2, 0) is 11.3 Å². The predicted octanol–water partition coefficient (Wildman–Crippen LogP) is 6.57. The third-order valence-corrected chi connectivity index (χ3v) is 9.38. The fourth-order valence-corrected chi connectivity index (χ4v) is 6.60. The first-order valence-electron chi connectivity index (χ1n) is 16.7. The van der Waals surface area contributed by atoms with E-state index in [2.05, 4.69) is 45.1 Å². The molecule has 0 aliphatic carbocycles. The van der Waals surface area contributed by atoms with Gasteiger partial charge in [-0.05, 0) is 74.7 Å². The largest absolute Gasteiger partial charge is 0.493 e. The lowest BCUT2D eigenvalue weighted by Gasteiger charge is -2.34. The quantitative estimate of drug-likeness (QED) is 0.133. The zero-order chi connectivity index (χ0) is 34.0. The molecule has 3 aromatic carbocycles. The molecule has 10 nitrogen and oxygen atoms in total. The van der Waals surface area contributed by atoms with Crippen molar-refractivity contribution in [2.24, 2.45) is 0 Å². The lowest BCUT2D eigenvalue weighted by atomic mass is 9.94. The summed E-state index contributed by atoms with van der Waals surface area (Å²) in [7, 11) is 6.48. The van der Waals surface area contributed by atoms with E-state index in [9.17, 15) is 4.79 Å². The molecule has 1 amide bonds. The van der Waals surface area contributed by atoms with E-state index in [0.717, 1.165) is 68.0 Å². The molecule has 1 atom stereocenters. The summed E-state index contributed by atoms with van der Waals surface area (Å²) in [4.78, 5) is 22.9. The van der Waals surface area contributed by atoms with Crippen LogP contribution in [0.15, 0.2) is 60.7 Å². The maximum atomic E-state index is 13.7. The molecule has 4 aromatic rings. The number of ether oxygens (including phenoxy) is 4. The number of nitrogens with zero attached hydrogens (tertiary/aromatic N) is 4. The SMILES string of the molecule is CCOCCn1c(NC2CCN(CCC(CN(C)C(=O)c3cc(OC)c(OC)c(OC)c3)c3ccc(Cl)cc3)CC2)nc2ccccc21. The normalized spacial score (nSPS) is 14.5. The molecule has 1 aliphatic heterocycles. The Hall–Kier alpha value is -3.99. The second-order valence-corrected chi connectivity index (χ2v) is 12.6. The summed E-state index contributed by atoms with van der Waals surface area (Å²) in [6, 6.07) is 20.0. The van der Waals surface area contributed by atoms with Crippen LogP contribution in [0.3, 0.4) is 0 Å². The molecule has 0 saturated carbocycles. The highest BCUT2D eigenvalue weighted by atomic mass is 35.5. The average molecular weight is 678 g/mol. The van der Waals surface area contributed by atoms with Gasteiger partial charge in [-0.15, -0.1) is 0 Å². The van der Waals surface area contributed by atoms with Gasteiger partial charge in [0.1, 0.15) is 0 Å². The van der Waals surface area contributed by atoms with E-state index in [-0.39, 0.29) is 11.8 Å². The van der Waals surface area contributed by atoms with E-state index in [0.29, 0.717) is 53.6 Å². The number of hydrogen-bond acceptors (Lipinski definition) is 8. The van der Waals surface area contributed by atoms with Crippen molar-refractivity contribution in [2.45, 2.75) is 44.7 Å². The molecule has 11 heteroatoms. The van der Waals surface area contributed by atoms with Gasteiger partial charge in [-0.3, -0.25) is 4.79 Å². The number of anilines is 1. The molecule has 0 bridgehead atoms. The van der Waals surface area contributed by atoms with Crippen LogP contribution in [0.4, 0.5) is 5.95 Å². The first-order valence-corrected chi connectivity index (χ1v) is 17.1. The number of piperidine rings is 1.